The van der Waals surface area contributed by atoms with Crippen molar-refractivity contribution < 1.29 is 13.2 Å². The lowest BCUT2D eigenvalue weighted by Gasteiger charge is -2.10. The Kier molecular flexibility index (Phi) is 2.70. The third kappa shape index (κ3) is 2.76. The van der Waals surface area contributed by atoms with Crippen LogP contribution < -0.4 is 4.74 Å². The van der Waals surface area contributed by atoms with E-state index in [4.69, 9.17) is 4.74 Å². The minimum Gasteiger partial charge on any atom is -0.492 e. The van der Waals surface area contributed by atoms with Gasteiger partial charge in [0.1, 0.15) is 5.75 Å². The molecular formula is C12H15O3S. The minimum absolute atomic E-state index is 0.275. The molecule has 1 aliphatic rings. The maximum Gasteiger partial charge on any atom is 0.175 e. The van der Waals surface area contributed by atoms with Crippen LogP contribution in [0.1, 0.15) is 19.8 Å². The van der Waals surface area contributed by atoms with Crippen molar-refractivity contribution in [2.45, 2.75) is 24.7 Å². The molecule has 0 aromatic heterocycles. The van der Waals surface area contributed by atoms with Gasteiger partial charge in [-0.05, 0) is 31.0 Å². The van der Waals surface area contributed by atoms with Crippen molar-refractivity contribution in [1.82, 2.24) is 0 Å². The predicted molar refractivity (Wildman–Crippen MR) is 61.2 cm³/mol. The molecule has 1 aromatic carbocycles. The molecule has 0 N–H and O–H groups in total. The van der Waals surface area contributed by atoms with Gasteiger partial charge in [0.25, 0.3) is 0 Å². The molecule has 0 spiro atoms. The van der Waals surface area contributed by atoms with E-state index >= 15 is 0 Å². The first kappa shape index (κ1) is 11.5. The Morgan fingerprint density at radius 2 is 2.12 bits per heavy atom. The molecule has 16 heavy (non-hydrogen) atoms. The van der Waals surface area contributed by atoms with Gasteiger partial charge in [0, 0.05) is 17.7 Å². The summed E-state index contributed by atoms with van der Waals surface area (Å²) in [6.07, 6.45) is 3.59. The number of benzene rings is 1. The van der Waals surface area contributed by atoms with Gasteiger partial charge in [-0.15, -0.1) is 0 Å². The molecule has 1 saturated carbocycles. The molecule has 0 aliphatic heterocycles. The van der Waals surface area contributed by atoms with Crippen LogP contribution in [-0.2, 0) is 9.84 Å². The first-order chi connectivity index (χ1) is 7.39. The minimum atomic E-state index is -3.14. The van der Waals surface area contributed by atoms with Crippen LogP contribution in [0.2, 0.25) is 0 Å². The second kappa shape index (κ2) is 3.77. The molecular weight excluding hydrogens is 224 g/mol. The molecule has 0 unspecified atom stereocenters. The van der Waals surface area contributed by atoms with Crippen molar-refractivity contribution in [3.8, 4) is 5.75 Å². The van der Waals surface area contributed by atoms with Crippen molar-refractivity contribution in [3.05, 3.63) is 24.3 Å². The lowest BCUT2D eigenvalue weighted by Crippen LogP contribution is -2.08. The van der Waals surface area contributed by atoms with Crippen molar-refractivity contribution in [3.63, 3.8) is 0 Å². The van der Waals surface area contributed by atoms with Gasteiger partial charge in [0.15, 0.2) is 9.84 Å². The first-order valence-electron chi connectivity index (χ1n) is 5.24. The zero-order chi connectivity index (χ0) is 11.8. The maximum atomic E-state index is 11.2. The predicted octanol–water partition coefficient (Wildman–Crippen LogP) is 2.07. The van der Waals surface area contributed by atoms with Crippen LogP contribution in [0, 0.1) is 11.5 Å². The average molecular weight is 239 g/mol. The Morgan fingerprint density at radius 1 is 1.44 bits per heavy atom. The lowest BCUT2D eigenvalue weighted by molar-refractivity contribution is 0.247. The monoisotopic (exact) mass is 239 g/mol. The molecule has 87 valence electrons. The van der Waals surface area contributed by atoms with E-state index in [0.717, 1.165) is 0 Å². The molecule has 1 aliphatic carbocycles. The summed E-state index contributed by atoms with van der Waals surface area (Å²) in [5.41, 5.74) is 0.323. The normalized spacial score (nSPS) is 18.1. The molecule has 0 saturated heterocycles. The molecule has 0 amide bonds. The van der Waals surface area contributed by atoms with E-state index in [2.05, 4.69) is 13.0 Å². The zero-order valence-corrected chi connectivity index (χ0v) is 10.3. The quantitative estimate of drug-likeness (QED) is 0.808. The molecule has 1 aromatic rings. The van der Waals surface area contributed by atoms with E-state index in [1.54, 1.807) is 12.1 Å². The second-order valence-corrected chi connectivity index (χ2v) is 6.78. The van der Waals surface area contributed by atoms with Crippen LogP contribution in [0.3, 0.4) is 0 Å². The van der Waals surface area contributed by atoms with Gasteiger partial charge < -0.3 is 4.74 Å². The van der Waals surface area contributed by atoms with Gasteiger partial charge in [-0.3, -0.25) is 0 Å². The smallest absolute Gasteiger partial charge is 0.175 e. The summed E-state index contributed by atoms with van der Waals surface area (Å²) in [4.78, 5) is 0.275. The van der Waals surface area contributed by atoms with Gasteiger partial charge >= 0.3 is 0 Å². The van der Waals surface area contributed by atoms with Crippen LogP contribution in [0.25, 0.3) is 0 Å². The highest BCUT2D eigenvalue weighted by atomic mass is 32.2. The summed E-state index contributed by atoms with van der Waals surface area (Å²) in [6, 6.07) is 7.51. The largest absolute Gasteiger partial charge is 0.492 e. The van der Waals surface area contributed by atoms with Crippen molar-refractivity contribution in [2.24, 2.45) is 5.41 Å². The van der Waals surface area contributed by atoms with Crippen LogP contribution in [0.5, 0.6) is 5.75 Å². The molecule has 0 heterocycles. The van der Waals surface area contributed by atoms with Gasteiger partial charge in [0.2, 0.25) is 0 Å². The van der Waals surface area contributed by atoms with Gasteiger partial charge in [0.05, 0.1) is 11.5 Å². The van der Waals surface area contributed by atoms with Crippen LogP contribution in [0.4, 0.5) is 0 Å². The Balaban J connectivity index is 2.02. The average Bonchev–Trinajstić information content (AvgIpc) is 2.94. The summed E-state index contributed by atoms with van der Waals surface area (Å²) < 4.78 is 28.0. The van der Waals surface area contributed by atoms with Crippen LogP contribution >= 0.6 is 0 Å². The highest BCUT2D eigenvalue weighted by Crippen LogP contribution is 2.45. The lowest BCUT2D eigenvalue weighted by atomic mass is 10.2. The number of ether oxygens (including phenoxy) is 1. The number of rotatable bonds is 4. The fraction of sp³-hybridized carbons (Fsp3) is 0.500. The summed E-state index contributed by atoms with van der Waals surface area (Å²) in [6.45, 7) is 2.86. The Hall–Kier alpha value is -1.03. The summed E-state index contributed by atoms with van der Waals surface area (Å²) >= 11 is 0. The SMILES string of the molecule is CC1(COc2[c]cc(S(C)(=O)=O)cc2)CC1. The summed E-state index contributed by atoms with van der Waals surface area (Å²) in [7, 11) is -3.14. The van der Waals surface area contributed by atoms with Gasteiger partial charge in [-0.25, -0.2) is 8.42 Å². The first-order valence-corrected chi connectivity index (χ1v) is 7.13. The molecule has 0 atom stereocenters. The highest BCUT2D eigenvalue weighted by molar-refractivity contribution is 7.90. The third-order valence-corrected chi connectivity index (χ3v) is 3.97. The fourth-order valence-corrected chi connectivity index (χ4v) is 1.91. The fourth-order valence-electron chi connectivity index (χ4n) is 1.33. The van der Waals surface area contributed by atoms with E-state index in [1.165, 1.54) is 25.2 Å². The number of hydrogen-bond acceptors (Lipinski definition) is 3. The van der Waals surface area contributed by atoms with Gasteiger partial charge in [-0.1, -0.05) is 6.92 Å². The van der Waals surface area contributed by atoms with Crippen molar-refractivity contribution in [2.75, 3.05) is 12.9 Å². The van der Waals surface area contributed by atoms with Gasteiger partial charge in [-0.2, -0.15) is 0 Å². The van der Waals surface area contributed by atoms with Crippen molar-refractivity contribution in [1.29, 1.82) is 0 Å². The summed E-state index contributed by atoms with van der Waals surface area (Å²) in [5, 5.41) is 0. The highest BCUT2D eigenvalue weighted by Gasteiger charge is 2.38. The van der Waals surface area contributed by atoms with Crippen molar-refractivity contribution >= 4 is 9.84 Å². The Labute approximate surface area is 96.4 Å². The van der Waals surface area contributed by atoms with E-state index in [0.29, 0.717) is 17.8 Å². The number of hydrogen-bond donors (Lipinski definition) is 0. The van der Waals surface area contributed by atoms with E-state index < -0.39 is 9.84 Å². The van der Waals surface area contributed by atoms with E-state index in [-0.39, 0.29) is 4.90 Å². The molecule has 2 rings (SSSR count). The van der Waals surface area contributed by atoms with E-state index in [9.17, 15) is 8.42 Å². The molecule has 1 fully saturated rings. The van der Waals surface area contributed by atoms with E-state index in [1.807, 2.05) is 0 Å². The number of sulfone groups is 1. The summed E-state index contributed by atoms with van der Waals surface area (Å²) in [5.74, 6) is 0.612. The maximum absolute atomic E-state index is 11.2. The Bertz CT molecular complexity index is 469. The third-order valence-electron chi connectivity index (χ3n) is 2.86. The zero-order valence-electron chi connectivity index (χ0n) is 9.49. The molecule has 1 radical (unpaired) electrons. The Morgan fingerprint density at radius 3 is 2.56 bits per heavy atom. The molecule has 3 nitrogen and oxygen atoms in total. The standard InChI is InChI=1S/C12H15O3S/c1-12(7-8-12)9-15-10-3-5-11(6-4-10)16(2,13)14/h3,5-6H,7-9H2,1-2H3. The second-order valence-electron chi connectivity index (χ2n) is 4.76. The van der Waals surface area contributed by atoms with Crippen LogP contribution in [-0.4, -0.2) is 21.3 Å². The van der Waals surface area contributed by atoms with Crippen LogP contribution in [0.15, 0.2) is 23.1 Å². The topological polar surface area (TPSA) is 43.4 Å². The molecule has 4 heteroatoms. The molecule has 0 bridgehead atoms.